The molecule has 3 rings (SSSR count). The molecule has 0 amide bonds. The molecule has 1 unspecified atom stereocenters. The highest BCUT2D eigenvalue weighted by Crippen LogP contribution is 2.27. The van der Waals surface area contributed by atoms with Crippen LogP contribution in [0.3, 0.4) is 0 Å². The normalized spacial score (nSPS) is 12.8. The van der Waals surface area contributed by atoms with E-state index >= 15 is 0 Å². The fourth-order valence-electron chi connectivity index (χ4n) is 2.19. The molecule has 1 aromatic carbocycles. The highest BCUT2D eigenvalue weighted by molar-refractivity contribution is 7.17. The van der Waals surface area contributed by atoms with Crippen LogP contribution in [0.25, 0.3) is 10.2 Å². The zero-order valence-corrected chi connectivity index (χ0v) is 11.7. The summed E-state index contributed by atoms with van der Waals surface area (Å²) in [5.41, 5.74) is 6.03. The molecule has 0 aliphatic carbocycles. The van der Waals surface area contributed by atoms with Crippen LogP contribution in [0.4, 0.5) is 4.39 Å². The molecule has 0 bridgehead atoms. The van der Waals surface area contributed by atoms with Crippen molar-refractivity contribution in [3.8, 4) is 0 Å². The van der Waals surface area contributed by atoms with Crippen molar-refractivity contribution in [3.63, 3.8) is 0 Å². The standard InChI is InChI=1S/C15H14FN3S/c1-9-2-3-10(6-12(9)16)15(19-17)11-7-14-13(18-8-11)4-5-20-14/h2-8,15,19H,17H2,1H3. The van der Waals surface area contributed by atoms with Gasteiger partial charge in [-0.25, -0.2) is 9.82 Å². The van der Waals surface area contributed by atoms with Crippen LogP contribution in [0.2, 0.25) is 0 Å². The Morgan fingerprint density at radius 2 is 2.10 bits per heavy atom. The van der Waals surface area contributed by atoms with Gasteiger partial charge >= 0.3 is 0 Å². The van der Waals surface area contributed by atoms with E-state index in [9.17, 15) is 4.39 Å². The summed E-state index contributed by atoms with van der Waals surface area (Å²) in [4.78, 5) is 4.40. The van der Waals surface area contributed by atoms with Crippen LogP contribution in [0.1, 0.15) is 22.7 Å². The number of pyridine rings is 1. The maximum Gasteiger partial charge on any atom is 0.126 e. The number of thiophene rings is 1. The van der Waals surface area contributed by atoms with E-state index in [0.29, 0.717) is 5.56 Å². The molecule has 2 heterocycles. The van der Waals surface area contributed by atoms with Gasteiger partial charge in [0.25, 0.3) is 0 Å². The summed E-state index contributed by atoms with van der Waals surface area (Å²) in [5, 5.41) is 2.00. The second kappa shape index (κ2) is 5.28. The number of nitrogens with one attached hydrogen (secondary N) is 1. The zero-order valence-electron chi connectivity index (χ0n) is 10.9. The Morgan fingerprint density at radius 3 is 2.85 bits per heavy atom. The molecule has 0 aliphatic rings. The van der Waals surface area contributed by atoms with Crippen LogP contribution in [0, 0.1) is 12.7 Å². The Morgan fingerprint density at radius 1 is 1.25 bits per heavy atom. The summed E-state index contributed by atoms with van der Waals surface area (Å²) in [7, 11) is 0. The first-order valence-corrected chi connectivity index (χ1v) is 7.12. The Bertz CT molecular complexity index is 754. The van der Waals surface area contributed by atoms with Crippen molar-refractivity contribution < 1.29 is 4.39 Å². The molecule has 0 fully saturated rings. The maximum absolute atomic E-state index is 13.7. The number of halogens is 1. The summed E-state index contributed by atoms with van der Waals surface area (Å²) in [6.07, 6.45) is 1.78. The lowest BCUT2D eigenvalue weighted by Gasteiger charge is -2.17. The van der Waals surface area contributed by atoms with E-state index < -0.39 is 0 Å². The average molecular weight is 287 g/mol. The van der Waals surface area contributed by atoms with Crippen LogP contribution in [-0.4, -0.2) is 4.98 Å². The van der Waals surface area contributed by atoms with Gasteiger partial charge in [-0.1, -0.05) is 12.1 Å². The van der Waals surface area contributed by atoms with Crippen molar-refractivity contribution in [3.05, 3.63) is 64.4 Å². The highest BCUT2D eigenvalue weighted by Gasteiger charge is 2.15. The number of hydrogen-bond donors (Lipinski definition) is 2. The van der Waals surface area contributed by atoms with E-state index in [1.165, 1.54) is 6.07 Å². The van der Waals surface area contributed by atoms with Gasteiger partial charge in [0, 0.05) is 6.20 Å². The Kier molecular flexibility index (Phi) is 3.48. The van der Waals surface area contributed by atoms with Gasteiger partial charge < -0.3 is 0 Å². The first-order chi connectivity index (χ1) is 9.69. The number of nitrogens with zero attached hydrogens (tertiary/aromatic N) is 1. The smallest absolute Gasteiger partial charge is 0.126 e. The van der Waals surface area contributed by atoms with Crippen LogP contribution >= 0.6 is 11.3 Å². The van der Waals surface area contributed by atoms with Crippen molar-refractivity contribution in [2.75, 3.05) is 0 Å². The van der Waals surface area contributed by atoms with Gasteiger partial charge in [-0.05, 0) is 47.2 Å². The molecule has 20 heavy (non-hydrogen) atoms. The Hall–Kier alpha value is -1.82. The van der Waals surface area contributed by atoms with Gasteiger partial charge in [-0.3, -0.25) is 10.8 Å². The number of benzene rings is 1. The molecule has 0 radical (unpaired) electrons. The van der Waals surface area contributed by atoms with E-state index in [-0.39, 0.29) is 11.9 Å². The average Bonchev–Trinajstić information content (AvgIpc) is 2.91. The molecule has 1 atom stereocenters. The fourth-order valence-corrected chi connectivity index (χ4v) is 2.98. The lowest BCUT2D eigenvalue weighted by atomic mass is 9.99. The number of nitrogens with two attached hydrogens (primary N) is 1. The van der Waals surface area contributed by atoms with E-state index in [4.69, 9.17) is 5.84 Å². The summed E-state index contributed by atoms with van der Waals surface area (Å²) < 4.78 is 14.8. The predicted octanol–water partition coefficient (Wildman–Crippen LogP) is 3.30. The van der Waals surface area contributed by atoms with Gasteiger partial charge in [0.1, 0.15) is 5.82 Å². The number of rotatable bonds is 3. The number of aryl methyl sites for hydroxylation is 1. The zero-order chi connectivity index (χ0) is 14.1. The molecule has 102 valence electrons. The highest BCUT2D eigenvalue weighted by atomic mass is 32.1. The number of hydrogen-bond acceptors (Lipinski definition) is 4. The SMILES string of the molecule is Cc1ccc(C(NN)c2cnc3ccsc3c2)cc1F. The van der Waals surface area contributed by atoms with Crippen LogP contribution in [0.5, 0.6) is 0 Å². The first-order valence-electron chi connectivity index (χ1n) is 6.24. The van der Waals surface area contributed by atoms with Gasteiger partial charge in [-0.15, -0.1) is 11.3 Å². The van der Waals surface area contributed by atoms with Crippen LogP contribution < -0.4 is 11.3 Å². The molecule has 0 saturated carbocycles. The van der Waals surface area contributed by atoms with Gasteiger partial charge in [0.05, 0.1) is 16.3 Å². The lowest BCUT2D eigenvalue weighted by Crippen LogP contribution is -2.29. The Labute approximate surface area is 120 Å². The van der Waals surface area contributed by atoms with Crippen molar-refractivity contribution in [1.82, 2.24) is 10.4 Å². The lowest BCUT2D eigenvalue weighted by molar-refractivity contribution is 0.598. The monoisotopic (exact) mass is 287 g/mol. The molecule has 3 nitrogen and oxygen atoms in total. The third-order valence-corrected chi connectivity index (χ3v) is 4.21. The minimum atomic E-state index is -0.274. The molecule has 0 spiro atoms. The Balaban J connectivity index is 2.05. The number of fused-ring (bicyclic) bond motifs is 1. The molecule has 3 N–H and O–H groups in total. The predicted molar refractivity (Wildman–Crippen MR) is 79.9 cm³/mol. The first kappa shape index (κ1) is 13.2. The second-order valence-corrected chi connectivity index (χ2v) is 5.63. The number of hydrazine groups is 1. The maximum atomic E-state index is 13.7. The molecule has 0 saturated heterocycles. The number of aromatic nitrogens is 1. The molecule has 0 aliphatic heterocycles. The second-order valence-electron chi connectivity index (χ2n) is 4.68. The van der Waals surface area contributed by atoms with E-state index in [1.54, 1.807) is 30.5 Å². The van der Waals surface area contributed by atoms with Gasteiger partial charge in [0.2, 0.25) is 0 Å². The molecule has 2 aromatic heterocycles. The van der Waals surface area contributed by atoms with Crippen LogP contribution in [-0.2, 0) is 0 Å². The minimum Gasteiger partial charge on any atom is -0.271 e. The third kappa shape index (κ3) is 2.31. The molecule has 5 heteroatoms. The fraction of sp³-hybridized carbons (Fsp3) is 0.133. The molecule has 3 aromatic rings. The quantitative estimate of drug-likeness (QED) is 0.574. The molecular weight excluding hydrogens is 273 g/mol. The van der Waals surface area contributed by atoms with Crippen molar-refractivity contribution in [2.24, 2.45) is 5.84 Å². The van der Waals surface area contributed by atoms with Crippen LogP contribution in [0.15, 0.2) is 41.9 Å². The summed E-state index contributed by atoms with van der Waals surface area (Å²) in [6, 6.07) is 8.88. The van der Waals surface area contributed by atoms with Crippen molar-refractivity contribution in [2.45, 2.75) is 13.0 Å². The summed E-state index contributed by atoms with van der Waals surface area (Å²) in [6.45, 7) is 1.74. The van der Waals surface area contributed by atoms with E-state index in [2.05, 4.69) is 10.4 Å². The largest absolute Gasteiger partial charge is 0.271 e. The van der Waals surface area contributed by atoms with Gasteiger partial charge in [0.15, 0.2) is 0 Å². The third-order valence-electron chi connectivity index (χ3n) is 3.35. The topological polar surface area (TPSA) is 50.9 Å². The van der Waals surface area contributed by atoms with Crippen molar-refractivity contribution in [1.29, 1.82) is 0 Å². The summed E-state index contributed by atoms with van der Waals surface area (Å²) in [5.74, 6) is 5.42. The minimum absolute atomic E-state index is 0.229. The van der Waals surface area contributed by atoms with E-state index in [1.807, 2.05) is 23.6 Å². The van der Waals surface area contributed by atoms with Gasteiger partial charge in [-0.2, -0.15) is 0 Å². The molecular formula is C15H14FN3S. The van der Waals surface area contributed by atoms with Crippen molar-refractivity contribution >= 4 is 21.6 Å². The van der Waals surface area contributed by atoms with E-state index in [0.717, 1.165) is 21.3 Å². The summed E-state index contributed by atoms with van der Waals surface area (Å²) >= 11 is 1.62.